The van der Waals surface area contributed by atoms with E-state index in [-0.39, 0.29) is 5.79 Å². The Hall–Kier alpha value is -2.44. The summed E-state index contributed by atoms with van der Waals surface area (Å²) in [6, 6.07) is 10.7. The summed E-state index contributed by atoms with van der Waals surface area (Å²) in [5.74, 6) is 0.872. The lowest BCUT2D eigenvalue weighted by Gasteiger charge is -2.39. The van der Waals surface area contributed by atoms with Crippen LogP contribution >= 0.6 is 0 Å². The summed E-state index contributed by atoms with van der Waals surface area (Å²) in [5.41, 5.74) is 6.95. The van der Waals surface area contributed by atoms with Crippen LogP contribution in [-0.2, 0) is 22.3 Å². The number of aromatic nitrogens is 3. The predicted molar refractivity (Wildman–Crippen MR) is 111 cm³/mol. The molecule has 4 heterocycles. The van der Waals surface area contributed by atoms with Gasteiger partial charge in [-0.25, -0.2) is 4.98 Å². The quantitative estimate of drug-likeness (QED) is 0.670. The molecule has 1 aromatic carbocycles. The molecule has 1 spiro atoms. The number of fused-ring (bicyclic) bond motifs is 2. The van der Waals surface area contributed by atoms with Crippen molar-refractivity contribution in [2.75, 3.05) is 31.2 Å². The Morgan fingerprint density at radius 2 is 1.86 bits per heavy atom. The summed E-state index contributed by atoms with van der Waals surface area (Å²) in [6.45, 7) is 5.40. The van der Waals surface area contributed by atoms with E-state index in [0.29, 0.717) is 13.2 Å². The first-order valence-electron chi connectivity index (χ1n) is 10.7. The highest BCUT2D eigenvalue weighted by Gasteiger charge is 2.41. The van der Waals surface area contributed by atoms with Crippen LogP contribution in [0, 0.1) is 6.92 Å². The van der Waals surface area contributed by atoms with E-state index in [1.165, 1.54) is 29.1 Å². The van der Waals surface area contributed by atoms with Crippen molar-refractivity contribution in [2.45, 2.75) is 44.8 Å². The van der Waals surface area contributed by atoms with Crippen LogP contribution in [0.2, 0.25) is 0 Å². The number of hydrogen-bond acceptors (Lipinski definition) is 5. The second kappa shape index (κ2) is 6.54. The van der Waals surface area contributed by atoms with Gasteiger partial charge < -0.3 is 14.4 Å². The molecule has 0 amide bonds. The van der Waals surface area contributed by atoms with Gasteiger partial charge in [-0.1, -0.05) is 23.8 Å². The molecular formula is C23H26N4O2. The highest BCUT2D eigenvalue weighted by atomic mass is 16.7. The molecule has 0 bridgehead atoms. The molecule has 0 N–H and O–H groups in total. The van der Waals surface area contributed by atoms with Gasteiger partial charge in [-0.05, 0) is 32.3 Å². The standard InChI is InChI=1S/C23H26N4O2/c1-16-4-2-5-17(14-16)20-15-21-24-19-7-3-6-18(19)22(27(21)25-20)26-10-8-23(9-11-26)28-12-13-29-23/h2,4-5,14-15H,3,6-13H2,1H3. The van der Waals surface area contributed by atoms with E-state index in [0.717, 1.165) is 55.7 Å². The molecule has 29 heavy (non-hydrogen) atoms. The SMILES string of the molecule is Cc1cccc(-c2cc3nc4c(c(N5CCC6(CC5)OCCO6)n3n2)CCC4)c1. The number of piperidine rings is 1. The number of aryl methyl sites for hydroxylation is 2. The first kappa shape index (κ1) is 17.4. The zero-order valence-electron chi connectivity index (χ0n) is 16.9. The van der Waals surface area contributed by atoms with E-state index in [4.69, 9.17) is 19.6 Å². The first-order valence-corrected chi connectivity index (χ1v) is 10.7. The third-order valence-corrected chi connectivity index (χ3v) is 6.55. The van der Waals surface area contributed by atoms with Crippen LogP contribution in [-0.4, -0.2) is 46.7 Å². The van der Waals surface area contributed by atoms with Gasteiger partial charge in [-0.3, -0.25) is 0 Å². The Balaban J connectivity index is 1.43. The highest BCUT2D eigenvalue weighted by Crippen LogP contribution is 2.37. The molecule has 1 aliphatic carbocycles. The number of hydrogen-bond donors (Lipinski definition) is 0. The maximum absolute atomic E-state index is 5.94. The molecule has 6 rings (SSSR count). The van der Waals surface area contributed by atoms with Crippen molar-refractivity contribution < 1.29 is 9.47 Å². The summed E-state index contributed by atoms with van der Waals surface area (Å²) >= 11 is 0. The lowest BCUT2D eigenvalue weighted by Crippen LogP contribution is -2.46. The fourth-order valence-electron chi connectivity index (χ4n) is 5.08. The van der Waals surface area contributed by atoms with Crippen LogP contribution in [0.15, 0.2) is 30.3 Å². The molecule has 3 aromatic rings. The van der Waals surface area contributed by atoms with Crippen LogP contribution in [0.3, 0.4) is 0 Å². The number of rotatable bonds is 2. The van der Waals surface area contributed by atoms with Gasteiger partial charge in [0.15, 0.2) is 11.4 Å². The van der Waals surface area contributed by atoms with Gasteiger partial charge in [0.25, 0.3) is 0 Å². The van der Waals surface area contributed by atoms with E-state index >= 15 is 0 Å². The summed E-state index contributed by atoms with van der Waals surface area (Å²) < 4.78 is 13.9. The number of ether oxygens (including phenoxy) is 2. The second-order valence-electron chi connectivity index (χ2n) is 8.48. The van der Waals surface area contributed by atoms with Gasteiger partial charge in [-0.2, -0.15) is 9.61 Å². The second-order valence-corrected chi connectivity index (χ2v) is 8.48. The molecule has 0 saturated carbocycles. The summed E-state index contributed by atoms with van der Waals surface area (Å²) in [5, 5.41) is 5.02. The highest BCUT2D eigenvalue weighted by molar-refractivity contribution is 5.68. The Labute approximate surface area is 170 Å². The van der Waals surface area contributed by atoms with Crippen molar-refractivity contribution in [3.05, 3.63) is 47.2 Å². The van der Waals surface area contributed by atoms with Crippen molar-refractivity contribution in [3.8, 4) is 11.3 Å². The fourth-order valence-corrected chi connectivity index (χ4v) is 5.08. The molecule has 2 aliphatic heterocycles. The van der Waals surface area contributed by atoms with Gasteiger partial charge in [0.05, 0.1) is 18.9 Å². The predicted octanol–water partition coefficient (Wildman–Crippen LogP) is 3.54. The average Bonchev–Trinajstić information content (AvgIpc) is 3.47. The maximum atomic E-state index is 5.94. The first-order chi connectivity index (χ1) is 14.2. The van der Waals surface area contributed by atoms with Crippen LogP contribution in [0.25, 0.3) is 16.9 Å². The van der Waals surface area contributed by atoms with Gasteiger partial charge in [-0.15, -0.1) is 0 Å². The number of benzene rings is 1. The molecule has 0 radical (unpaired) electrons. The summed E-state index contributed by atoms with van der Waals surface area (Å²) in [4.78, 5) is 7.45. The molecule has 6 nitrogen and oxygen atoms in total. The van der Waals surface area contributed by atoms with Gasteiger partial charge >= 0.3 is 0 Å². The molecule has 6 heteroatoms. The largest absolute Gasteiger partial charge is 0.356 e. The Kier molecular flexibility index (Phi) is 3.93. The smallest absolute Gasteiger partial charge is 0.171 e. The van der Waals surface area contributed by atoms with Crippen molar-refractivity contribution in [2.24, 2.45) is 0 Å². The van der Waals surface area contributed by atoms with Crippen molar-refractivity contribution in [1.82, 2.24) is 14.6 Å². The topological polar surface area (TPSA) is 51.9 Å². The molecule has 3 aliphatic rings. The Morgan fingerprint density at radius 3 is 2.66 bits per heavy atom. The fraction of sp³-hybridized carbons (Fsp3) is 0.478. The van der Waals surface area contributed by atoms with Crippen LogP contribution in [0.1, 0.15) is 36.1 Å². The molecule has 0 atom stereocenters. The van der Waals surface area contributed by atoms with Crippen LogP contribution in [0.5, 0.6) is 0 Å². The molecule has 0 unspecified atom stereocenters. The van der Waals surface area contributed by atoms with Gasteiger partial charge in [0.2, 0.25) is 0 Å². The minimum atomic E-state index is -0.358. The lowest BCUT2D eigenvalue weighted by atomic mass is 10.0. The van der Waals surface area contributed by atoms with E-state index in [1.54, 1.807) is 0 Å². The maximum Gasteiger partial charge on any atom is 0.171 e. The third-order valence-electron chi connectivity index (χ3n) is 6.55. The van der Waals surface area contributed by atoms with E-state index in [1.807, 2.05) is 0 Å². The number of anilines is 1. The van der Waals surface area contributed by atoms with Gasteiger partial charge in [0.1, 0.15) is 5.82 Å². The Bertz CT molecular complexity index is 1070. The van der Waals surface area contributed by atoms with Crippen LogP contribution < -0.4 is 4.90 Å². The van der Waals surface area contributed by atoms with Crippen molar-refractivity contribution in [3.63, 3.8) is 0 Å². The third kappa shape index (κ3) is 2.85. The minimum Gasteiger partial charge on any atom is -0.356 e. The molecule has 2 aromatic heterocycles. The zero-order chi connectivity index (χ0) is 19.4. The van der Waals surface area contributed by atoms with Crippen molar-refractivity contribution in [1.29, 1.82) is 0 Å². The monoisotopic (exact) mass is 390 g/mol. The van der Waals surface area contributed by atoms with E-state index in [2.05, 4.69) is 46.7 Å². The molecule has 2 fully saturated rings. The lowest BCUT2D eigenvalue weighted by molar-refractivity contribution is -0.169. The summed E-state index contributed by atoms with van der Waals surface area (Å²) in [7, 11) is 0. The molecule has 2 saturated heterocycles. The van der Waals surface area contributed by atoms with E-state index in [9.17, 15) is 0 Å². The average molecular weight is 390 g/mol. The normalized spacial score (nSPS) is 20.7. The zero-order valence-corrected chi connectivity index (χ0v) is 16.9. The number of nitrogens with zero attached hydrogens (tertiary/aromatic N) is 4. The van der Waals surface area contributed by atoms with Gasteiger partial charge in [0, 0.05) is 48.8 Å². The molecular weight excluding hydrogens is 364 g/mol. The Morgan fingerprint density at radius 1 is 1.03 bits per heavy atom. The summed E-state index contributed by atoms with van der Waals surface area (Å²) in [6.07, 6.45) is 5.13. The molecule has 150 valence electrons. The van der Waals surface area contributed by atoms with E-state index < -0.39 is 0 Å². The van der Waals surface area contributed by atoms with Crippen molar-refractivity contribution >= 4 is 11.5 Å². The minimum absolute atomic E-state index is 0.358. The van der Waals surface area contributed by atoms with Crippen LogP contribution in [0.4, 0.5) is 5.82 Å².